The van der Waals surface area contributed by atoms with E-state index in [4.69, 9.17) is 0 Å². The van der Waals surface area contributed by atoms with Gasteiger partial charge in [0.1, 0.15) is 0 Å². The standard InChI is InChI=1S/C16H18N2O/c1-17-12-15(19)18-16(13-8-4-2-5-9-13)14-10-6-3-7-11-14/h2-11,16-17H,12H2,1H3,(H,18,19). The summed E-state index contributed by atoms with van der Waals surface area (Å²) in [7, 11) is 1.76. The van der Waals surface area contributed by atoms with Gasteiger partial charge in [-0.15, -0.1) is 0 Å². The zero-order valence-electron chi connectivity index (χ0n) is 11.0. The van der Waals surface area contributed by atoms with Crippen LogP contribution in [0.15, 0.2) is 60.7 Å². The van der Waals surface area contributed by atoms with Crippen molar-refractivity contribution in [3.05, 3.63) is 71.8 Å². The monoisotopic (exact) mass is 254 g/mol. The van der Waals surface area contributed by atoms with E-state index in [9.17, 15) is 4.79 Å². The van der Waals surface area contributed by atoms with E-state index in [1.54, 1.807) is 7.05 Å². The Labute approximate surface area is 113 Å². The summed E-state index contributed by atoms with van der Waals surface area (Å²) >= 11 is 0. The lowest BCUT2D eigenvalue weighted by atomic mass is 9.99. The second-order valence-electron chi connectivity index (χ2n) is 4.35. The number of nitrogens with one attached hydrogen (secondary N) is 2. The molecule has 2 N–H and O–H groups in total. The van der Waals surface area contributed by atoms with Crippen molar-refractivity contribution in [2.24, 2.45) is 0 Å². The molecule has 0 unspecified atom stereocenters. The summed E-state index contributed by atoms with van der Waals surface area (Å²) in [6.45, 7) is 0.316. The highest BCUT2D eigenvalue weighted by atomic mass is 16.1. The van der Waals surface area contributed by atoms with Crippen molar-refractivity contribution in [3.63, 3.8) is 0 Å². The number of carbonyl (C=O) groups excluding carboxylic acids is 1. The highest BCUT2D eigenvalue weighted by molar-refractivity contribution is 5.79. The predicted molar refractivity (Wildman–Crippen MR) is 76.8 cm³/mol. The Balaban J connectivity index is 2.26. The third kappa shape index (κ3) is 3.66. The number of hydrogen-bond donors (Lipinski definition) is 2. The molecule has 0 aromatic heterocycles. The van der Waals surface area contributed by atoms with Gasteiger partial charge < -0.3 is 10.6 Å². The molecule has 2 rings (SSSR count). The van der Waals surface area contributed by atoms with Crippen LogP contribution in [0, 0.1) is 0 Å². The molecule has 0 aliphatic heterocycles. The summed E-state index contributed by atoms with van der Waals surface area (Å²) in [5.41, 5.74) is 2.16. The molecule has 0 bridgehead atoms. The third-order valence-electron chi connectivity index (χ3n) is 2.91. The van der Waals surface area contributed by atoms with E-state index in [2.05, 4.69) is 10.6 Å². The Bertz CT molecular complexity index is 471. The maximum absolute atomic E-state index is 11.8. The summed E-state index contributed by atoms with van der Waals surface area (Å²) in [5, 5.41) is 5.91. The average molecular weight is 254 g/mol. The Kier molecular flexibility index (Phi) is 4.70. The fourth-order valence-electron chi connectivity index (χ4n) is 2.02. The summed E-state index contributed by atoms with van der Waals surface area (Å²) in [4.78, 5) is 11.8. The van der Waals surface area contributed by atoms with Crippen molar-refractivity contribution < 1.29 is 4.79 Å². The van der Waals surface area contributed by atoms with Gasteiger partial charge in [-0.1, -0.05) is 60.7 Å². The van der Waals surface area contributed by atoms with E-state index in [1.165, 1.54) is 0 Å². The second-order valence-corrected chi connectivity index (χ2v) is 4.35. The SMILES string of the molecule is CNCC(=O)NC(c1ccccc1)c1ccccc1. The molecule has 0 spiro atoms. The van der Waals surface area contributed by atoms with Gasteiger partial charge in [-0.05, 0) is 18.2 Å². The molecule has 0 fully saturated rings. The maximum Gasteiger partial charge on any atom is 0.234 e. The molecule has 0 heterocycles. The molecule has 1 amide bonds. The fraction of sp³-hybridized carbons (Fsp3) is 0.188. The number of hydrogen-bond acceptors (Lipinski definition) is 2. The Morgan fingerprint density at radius 3 is 1.84 bits per heavy atom. The van der Waals surface area contributed by atoms with Gasteiger partial charge in [-0.3, -0.25) is 4.79 Å². The Hall–Kier alpha value is -2.13. The topological polar surface area (TPSA) is 41.1 Å². The molecule has 19 heavy (non-hydrogen) atoms. The van der Waals surface area contributed by atoms with E-state index in [0.29, 0.717) is 6.54 Å². The number of carbonyl (C=O) groups is 1. The first-order valence-electron chi connectivity index (χ1n) is 6.35. The summed E-state index contributed by atoms with van der Waals surface area (Å²) in [5.74, 6) is -0.0137. The molecule has 0 aliphatic rings. The molecule has 3 heteroatoms. The van der Waals surface area contributed by atoms with Crippen molar-refractivity contribution in [2.45, 2.75) is 6.04 Å². The Morgan fingerprint density at radius 2 is 1.42 bits per heavy atom. The van der Waals surface area contributed by atoms with Crippen molar-refractivity contribution in [1.29, 1.82) is 0 Å². The van der Waals surface area contributed by atoms with Crippen LogP contribution in [-0.4, -0.2) is 19.5 Å². The molecule has 0 aliphatic carbocycles. The normalized spacial score (nSPS) is 10.4. The van der Waals surface area contributed by atoms with Gasteiger partial charge in [0.2, 0.25) is 5.91 Å². The maximum atomic E-state index is 11.8. The Morgan fingerprint density at radius 1 is 0.947 bits per heavy atom. The summed E-state index contributed by atoms with van der Waals surface area (Å²) < 4.78 is 0. The van der Waals surface area contributed by atoms with E-state index < -0.39 is 0 Å². The third-order valence-corrected chi connectivity index (χ3v) is 2.91. The zero-order chi connectivity index (χ0) is 13.5. The molecule has 2 aromatic carbocycles. The predicted octanol–water partition coefficient (Wildman–Crippen LogP) is 2.11. The molecule has 0 radical (unpaired) electrons. The van der Waals surface area contributed by atoms with Crippen molar-refractivity contribution in [1.82, 2.24) is 10.6 Å². The van der Waals surface area contributed by atoms with Crippen LogP contribution >= 0.6 is 0 Å². The van der Waals surface area contributed by atoms with Gasteiger partial charge in [0.05, 0.1) is 12.6 Å². The first-order valence-corrected chi connectivity index (χ1v) is 6.35. The van der Waals surface area contributed by atoms with Gasteiger partial charge in [-0.2, -0.15) is 0 Å². The first-order chi connectivity index (χ1) is 9.31. The van der Waals surface area contributed by atoms with Crippen LogP contribution in [0.1, 0.15) is 17.2 Å². The molecule has 0 atom stereocenters. The number of amides is 1. The molecule has 98 valence electrons. The minimum Gasteiger partial charge on any atom is -0.344 e. The molecular weight excluding hydrogens is 236 g/mol. The zero-order valence-corrected chi connectivity index (χ0v) is 11.0. The van der Waals surface area contributed by atoms with Crippen LogP contribution in [0.3, 0.4) is 0 Å². The average Bonchev–Trinajstić information content (AvgIpc) is 2.47. The molecule has 0 saturated heterocycles. The smallest absolute Gasteiger partial charge is 0.234 e. The van der Waals surface area contributed by atoms with E-state index in [-0.39, 0.29) is 11.9 Å². The van der Waals surface area contributed by atoms with E-state index in [0.717, 1.165) is 11.1 Å². The summed E-state index contributed by atoms with van der Waals surface area (Å²) in [6, 6.07) is 19.9. The van der Waals surface area contributed by atoms with E-state index in [1.807, 2.05) is 60.7 Å². The van der Waals surface area contributed by atoms with Crippen LogP contribution in [-0.2, 0) is 4.79 Å². The minimum absolute atomic E-state index is 0.0137. The molecule has 2 aromatic rings. The lowest BCUT2D eigenvalue weighted by Crippen LogP contribution is -2.35. The first kappa shape index (κ1) is 13.3. The van der Waals surface area contributed by atoms with E-state index >= 15 is 0 Å². The molecule has 0 saturated carbocycles. The lowest BCUT2D eigenvalue weighted by Gasteiger charge is -2.19. The molecule has 3 nitrogen and oxygen atoms in total. The van der Waals surface area contributed by atoms with Crippen LogP contribution in [0.2, 0.25) is 0 Å². The number of benzene rings is 2. The van der Waals surface area contributed by atoms with Crippen LogP contribution in [0.25, 0.3) is 0 Å². The van der Waals surface area contributed by atoms with Crippen LogP contribution in [0.4, 0.5) is 0 Å². The minimum atomic E-state index is -0.108. The largest absolute Gasteiger partial charge is 0.344 e. The number of rotatable bonds is 5. The lowest BCUT2D eigenvalue weighted by molar-refractivity contribution is -0.120. The quantitative estimate of drug-likeness (QED) is 0.858. The van der Waals surface area contributed by atoms with Gasteiger partial charge in [0.15, 0.2) is 0 Å². The molecular formula is C16H18N2O. The van der Waals surface area contributed by atoms with Crippen molar-refractivity contribution in [2.75, 3.05) is 13.6 Å². The van der Waals surface area contributed by atoms with Crippen molar-refractivity contribution in [3.8, 4) is 0 Å². The highest BCUT2D eigenvalue weighted by Crippen LogP contribution is 2.21. The van der Waals surface area contributed by atoms with Crippen LogP contribution < -0.4 is 10.6 Å². The van der Waals surface area contributed by atoms with Crippen molar-refractivity contribution >= 4 is 5.91 Å². The van der Waals surface area contributed by atoms with Gasteiger partial charge in [-0.25, -0.2) is 0 Å². The van der Waals surface area contributed by atoms with Gasteiger partial charge >= 0.3 is 0 Å². The number of likely N-dealkylation sites (N-methyl/N-ethyl adjacent to an activating group) is 1. The fourth-order valence-corrected chi connectivity index (χ4v) is 2.02. The van der Waals surface area contributed by atoms with Gasteiger partial charge in [0.25, 0.3) is 0 Å². The summed E-state index contributed by atoms with van der Waals surface area (Å²) in [6.07, 6.45) is 0. The highest BCUT2D eigenvalue weighted by Gasteiger charge is 2.15. The second kappa shape index (κ2) is 6.71. The van der Waals surface area contributed by atoms with Crippen LogP contribution in [0.5, 0.6) is 0 Å². The van der Waals surface area contributed by atoms with Gasteiger partial charge in [0, 0.05) is 0 Å².